The molecule has 32 heavy (non-hydrogen) atoms. The van der Waals surface area contributed by atoms with Crippen LogP contribution < -0.4 is 10.5 Å². The molecule has 0 fully saturated rings. The zero-order chi connectivity index (χ0) is 23.2. The van der Waals surface area contributed by atoms with Crippen LogP contribution in [-0.2, 0) is 22.9 Å². The van der Waals surface area contributed by atoms with Crippen molar-refractivity contribution in [3.8, 4) is 5.69 Å². The predicted octanol–water partition coefficient (Wildman–Crippen LogP) is 3.49. The van der Waals surface area contributed by atoms with Crippen LogP contribution in [0.5, 0.6) is 0 Å². The van der Waals surface area contributed by atoms with Crippen LogP contribution in [0.1, 0.15) is 34.1 Å². The summed E-state index contributed by atoms with van der Waals surface area (Å²) in [6.45, 7) is 0. The lowest BCUT2D eigenvalue weighted by molar-refractivity contribution is 0.0988. The molecule has 0 saturated heterocycles. The number of aromatic nitrogens is 2. The van der Waals surface area contributed by atoms with Crippen LogP contribution in [0.25, 0.3) is 5.69 Å². The summed E-state index contributed by atoms with van der Waals surface area (Å²) < 4.78 is 56.6. The third kappa shape index (κ3) is 4.30. The van der Waals surface area contributed by atoms with E-state index in [-0.39, 0.29) is 11.7 Å². The van der Waals surface area contributed by atoms with E-state index < -0.39 is 27.6 Å². The van der Waals surface area contributed by atoms with Gasteiger partial charge in [0, 0.05) is 29.7 Å². The normalized spacial score (nSPS) is 15.9. The molecule has 0 saturated carbocycles. The van der Waals surface area contributed by atoms with Crippen molar-refractivity contribution in [2.24, 2.45) is 5.73 Å². The highest BCUT2D eigenvalue weighted by Gasteiger charge is 2.27. The van der Waals surface area contributed by atoms with Gasteiger partial charge in [0.15, 0.2) is 4.77 Å². The minimum Gasteiger partial charge on any atom is -0.364 e. The number of carbonyl (C=O) groups is 1. The van der Waals surface area contributed by atoms with Gasteiger partial charge in [-0.3, -0.25) is 14.1 Å². The molecule has 4 rings (SSSR count). The van der Waals surface area contributed by atoms with E-state index in [9.17, 15) is 22.0 Å². The van der Waals surface area contributed by atoms with Crippen LogP contribution in [0.4, 0.5) is 14.5 Å². The van der Waals surface area contributed by atoms with Crippen molar-refractivity contribution in [2.45, 2.75) is 25.3 Å². The van der Waals surface area contributed by atoms with E-state index in [0.717, 1.165) is 12.3 Å². The zero-order valence-electron chi connectivity index (χ0n) is 17.0. The number of hydrogen-bond acceptors (Lipinski definition) is 4. The fourth-order valence-corrected chi connectivity index (χ4v) is 5.06. The van der Waals surface area contributed by atoms with Gasteiger partial charge < -0.3 is 10.3 Å². The number of halogens is 2. The molecular formula is C21H20F2N4O3S2. The summed E-state index contributed by atoms with van der Waals surface area (Å²) >= 11 is 5.62. The van der Waals surface area contributed by atoms with Crippen molar-refractivity contribution < 1.29 is 22.0 Å². The molecule has 0 spiro atoms. The number of amides is 1. The van der Waals surface area contributed by atoms with E-state index in [0.29, 0.717) is 46.5 Å². The van der Waals surface area contributed by atoms with E-state index >= 15 is 0 Å². The van der Waals surface area contributed by atoms with Crippen LogP contribution in [0.3, 0.4) is 0 Å². The quantitative estimate of drug-likeness (QED) is 0.549. The number of nitrogens with zero attached hydrogens (tertiary/aromatic N) is 2. The van der Waals surface area contributed by atoms with Gasteiger partial charge in [0.1, 0.15) is 17.3 Å². The van der Waals surface area contributed by atoms with Crippen LogP contribution in [0.2, 0.25) is 0 Å². The van der Waals surface area contributed by atoms with E-state index in [1.807, 2.05) is 0 Å². The molecule has 1 heterocycles. The maximum Gasteiger partial charge on any atom is 0.266 e. The number of fused-ring (bicyclic) bond motifs is 1. The Bertz CT molecular complexity index is 1380. The van der Waals surface area contributed by atoms with Crippen molar-refractivity contribution in [3.63, 3.8) is 0 Å². The minimum atomic E-state index is -3.42. The largest absolute Gasteiger partial charge is 0.364 e. The number of anilines is 1. The number of rotatable bonds is 5. The topological polar surface area (TPSA) is 99.1 Å². The summed E-state index contributed by atoms with van der Waals surface area (Å²) in [4.78, 5) is 12.2. The molecule has 7 nitrogen and oxygen atoms in total. The standard InChI is InChI=1S/C21H20F2N4O3S2/c1-32(29,30)25-14-2-4-15(5-3-14)26-11-19(20(24)28)27(21(26)31)16-6-7-17-12(9-16)8-13(22)10-18(17)23/h2-5,8,10-11,16,25H,6-7,9H2,1H3,(H2,24,28). The Kier molecular flexibility index (Phi) is 5.63. The Morgan fingerprint density at radius 1 is 1.22 bits per heavy atom. The first-order valence-electron chi connectivity index (χ1n) is 9.72. The number of hydrogen-bond donors (Lipinski definition) is 2. The third-order valence-electron chi connectivity index (χ3n) is 5.43. The average molecular weight is 479 g/mol. The van der Waals surface area contributed by atoms with Gasteiger partial charge >= 0.3 is 0 Å². The summed E-state index contributed by atoms with van der Waals surface area (Å²) in [5.74, 6) is -1.90. The number of carbonyl (C=O) groups excluding carboxylic acids is 1. The monoisotopic (exact) mass is 478 g/mol. The lowest BCUT2D eigenvalue weighted by Crippen LogP contribution is -2.25. The highest BCUT2D eigenvalue weighted by molar-refractivity contribution is 7.92. The highest BCUT2D eigenvalue weighted by atomic mass is 32.2. The Hall–Kier alpha value is -3.05. The van der Waals surface area contributed by atoms with Gasteiger partial charge in [-0.2, -0.15) is 0 Å². The smallest absolute Gasteiger partial charge is 0.266 e. The van der Waals surface area contributed by atoms with Gasteiger partial charge in [-0.05, 0) is 72.9 Å². The molecule has 1 unspecified atom stereocenters. The summed E-state index contributed by atoms with van der Waals surface area (Å²) in [6.07, 6.45) is 3.76. The lowest BCUT2D eigenvalue weighted by Gasteiger charge is -2.27. The van der Waals surface area contributed by atoms with Crippen molar-refractivity contribution in [2.75, 3.05) is 11.0 Å². The van der Waals surface area contributed by atoms with E-state index in [1.165, 1.54) is 12.3 Å². The van der Waals surface area contributed by atoms with Crippen LogP contribution >= 0.6 is 12.2 Å². The Balaban J connectivity index is 1.73. The van der Waals surface area contributed by atoms with Gasteiger partial charge in [0.05, 0.1) is 6.26 Å². The maximum absolute atomic E-state index is 14.1. The summed E-state index contributed by atoms with van der Waals surface area (Å²) in [5, 5.41) is 0. The van der Waals surface area contributed by atoms with Gasteiger partial charge in [0.25, 0.3) is 5.91 Å². The van der Waals surface area contributed by atoms with Crippen molar-refractivity contribution in [1.29, 1.82) is 0 Å². The highest BCUT2D eigenvalue weighted by Crippen LogP contribution is 2.33. The third-order valence-corrected chi connectivity index (χ3v) is 6.43. The van der Waals surface area contributed by atoms with Gasteiger partial charge in [0.2, 0.25) is 10.0 Å². The number of benzene rings is 2. The summed E-state index contributed by atoms with van der Waals surface area (Å²) in [6, 6.07) is 8.33. The first-order chi connectivity index (χ1) is 15.0. The second-order valence-corrected chi connectivity index (χ2v) is 9.86. The molecular weight excluding hydrogens is 458 g/mol. The molecule has 11 heteroatoms. The Morgan fingerprint density at radius 3 is 2.53 bits per heavy atom. The van der Waals surface area contributed by atoms with Crippen molar-refractivity contribution in [3.05, 3.63) is 75.8 Å². The van der Waals surface area contributed by atoms with E-state index in [4.69, 9.17) is 18.0 Å². The second-order valence-electron chi connectivity index (χ2n) is 7.74. The lowest BCUT2D eigenvalue weighted by atomic mass is 9.87. The molecule has 1 aliphatic rings. The molecule has 168 valence electrons. The van der Waals surface area contributed by atoms with Crippen LogP contribution in [0, 0.1) is 16.4 Å². The van der Waals surface area contributed by atoms with E-state index in [2.05, 4.69) is 4.72 Å². The number of sulfonamides is 1. The summed E-state index contributed by atoms with van der Waals surface area (Å²) in [7, 11) is -3.42. The molecule has 3 aromatic rings. The molecule has 0 aliphatic heterocycles. The molecule has 1 atom stereocenters. The average Bonchev–Trinajstić information content (AvgIpc) is 3.04. The summed E-state index contributed by atoms with van der Waals surface area (Å²) in [5.41, 5.74) is 7.78. The molecule has 3 N–H and O–H groups in total. The van der Waals surface area contributed by atoms with Crippen LogP contribution in [-0.4, -0.2) is 29.7 Å². The fraction of sp³-hybridized carbons (Fsp3) is 0.238. The van der Waals surface area contributed by atoms with E-state index in [1.54, 1.807) is 33.4 Å². The molecule has 2 aromatic carbocycles. The van der Waals surface area contributed by atoms with Gasteiger partial charge in [-0.25, -0.2) is 17.2 Å². The number of nitrogens with one attached hydrogen (secondary N) is 1. The Labute approximate surface area is 188 Å². The number of imidazole rings is 1. The number of primary amides is 1. The first-order valence-corrected chi connectivity index (χ1v) is 12.0. The molecule has 0 radical (unpaired) electrons. The fourth-order valence-electron chi connectivity index (χ4n) is 4.09. The van der Waals surface area contributed by atoms with Crippen molar-refractivity contribution in [1.82, 2.24) is 9.13 Å². The molecule has 1 aliphatic carbocycles. The van der Waals surface area contributed by atoms with Gasteiger partial charge in [-0.15, -0.1) is 0 Å². The molecule has 1 amide bonds. The molecule has 0 bridgehead atoms. The predicted molar refractivity (Wildman–Crippen MR) is 119 cm³/mol. The van der Waals surface area contributed by atoms with Crippen molar-refractivity contribution >= 4 is 33.8 Å². The Morgan fingerprint density at radius 2 is 1.91 bits per heavy atom. The minimum absolute atomic E-state index is 0.179. The SMILES string of the molecule is CS(=O)(=O)Nc1ccc(-n2cc(C(N)=O)n(C3CCc4c(F)cc(F)cc4C3)c2=S)cc1. The second kappa shape index (κ2) is 8.14. The zero-order valence-corrected chi connectivity index (χ0v) is 18.6. The van der Waals surface area contributed by atoms with Crippen LogP contribution in [0.15, 0.2) is 42.6 Å². The first kappa shape index (κ1) is 22.2. The molecule has 1 aromatic heterocycles. The van der Waals surface area contributed by atoms with Gasteiger partial charge in [-0.1, -0.05) is 0 Å². The maximum atomic E-state index is 14.1. The number of nitrogens with two attached hydrogens (primary N) is 1.